The van der Waals surface area contributed by atoms with E-state index in [1.54, 1.807) is 22.8 Å². The van der Waals surface area contributed by atoms with E-state index in [-0.39, 0.29) is 41.8 Å². The summed E-state index contributed by atoms with van der Waals surface area (Å²) >= 11 is 0. The Kier molecular flexibility index (Phi) is 4.81. The molecule has 4 rings (SSSR count). The molecular formula is C21H23FN2O4. The van der Waals surface area contributed by atoms with Gasteiger partial charge in [-0.15, -0.1) is 0 Å². The number of halogens is 1. The number of benzene rings is 1. The minimum Gasteiger partial charge on any atom is -0.468 e. The topological polar surface area (TPSA) is 71.8 Å². The Labute approximate surface area is 162 Å². The van der Waals surface area contributed by atoms with E-state index in [1.807, 2.05) is 17.9 Å². The number of fused-ring (bicyclic) bond motifs is 3. The third-order valence-electron chi connectivity index (χ3n) is 6.15. The number of ether oxygens (including phenoxy) is 1. The van der Waals surface area contributed by atoms with Gasteiger partial charge in [0.2, 0.25) is 0 Å². The predicted molar refractivity (Wildman–Crippen MR) is 101 cm³/mol. The molecule has 2 aromatic rings. The monoisotopic (exact) mass is 386 g/mol. The van der Waals surface area contributed by atoms with Gasteiger partial charge < -0.3 is 14.4 Å². The van der Waals surface area contributed by atoms with Crippen LogP contribution >= 0.6 is 0 Å². The largest absolute Gasteiger partial charge is 0.468 e. The van der Waals surface area contributed by atoms with Crippen molar-refractivity contribution in [3.8, 4) is 11.1 Å². The molecule has 4 atom stereocenters. The molecule has 1 N–H and O–H groups in total. The molecule has 6 nitrogen and oxygen atoms in total. The van der Waals surface area contributed by atoms with Crippen molar-refractivity contribution in [2.75, 3.05) is 20.3 Å². The van der Waals surface area contributed by atoms with Gasteiger partial charge in [0, 0.05) is 36.2 Å². The molecule has 0 unspecified atom stereocenters. The molecule has 0 aliphatic carbocycles. The second-order valence-corrected chi connectivity index (χ2v) is 7.35. The lowest BCUT2D eigenvalue weighted by molar-refractivity contribution is -0.148. The maximum Gasteiger partial charge on any atom is 0.323 e. The van der Waals surface area contributed by atoms with Crippen molar-refractivity contribution in [2.24, 2.45) is 11.8 Å². The molecule has 0 spiro atoms. The van der Waals surface area contributed by atoms with E-state index in [4.69, 9.17) is 4.74 Å². The second kappa shape index (κ2) is 7.14. The van der Waals surface area contributed by atoms with Crippen molar-refractivity contribution >= 4 is 5.97 Å². The molecule has 3 heterocycles. The normalized spacial score (nSPS) is 26.1. The first kappa shape index (κ1) is 18.8. The fourth-order valence-corrected chi connectivity index (χ4v) is 4.92. The summed E-state index contributed by atoms with van der Waals surface area (Å²) in [4.78, 5) is 27.5. The molecule has 28 heavy (non-hydrogen) atoms. The molecule has 1 aromatic heterocycles. The van der Waals surface area contributed by atoms with E-state index >= 15 is 0 Å². The minimum absolute atomic E-state index is 0.0507. The standard InChI is InChI=1S/C21H23FN2O4/c1-3-23-18-15(16(11-25)19(23)21(27)28-2)10-24-17(18)9-8-14(20(24)26)12-4-6-13(22)7-5-12/h4-9,15-16,18-19,25H,3,10-11H2,1-2H3/t15-,16-,18+,19-/m1/s1. The lowest BCUT2D eigenvalue weighted by Gasteiger charge is -2.28. The summed E-state index contributed by atoms with van der Waals surface area (Å²) in [6.07, 6.45) is 0. The van der Waals surface area contributed by atoms with E-state index in [2.05, 4.69) is 0 Å². The first-order chi connectivity index (χ1) is 13.5. The summed E-state index contributed by atoms with van der Waals surface area (Å²) in [7, 11) is 1.35. The van der Waals surface area contributed by atoms with Gasteiger partial charge in [-0.05, 0) is 36.4 Å². The zero-order valence-electron chi connectivity index (χ0n) is 15.8. The molecule has 0 radical (unpaired) electrons. The molecule has 0 saturated carbocycles. The van der Waals surface area contributed by atoms with Crippen molar-refractivity contribution in [3.63, 3.8) is 0 Å². The summed E-state index contributed by atoms with van der Waals surface area (Å²) in [6.45, 7) is 2.85. The Bertz CT molecular complexity index is 956. The van der Waals surface area contributed by atoms with Gasteiger partial charge in [-0.25, -0.2) is 4.39 Å². The molecular weight excluding hydrogens is 363 g/mol. The van der Waals surface area contributed by atoms with Crippen LogP contribution in [0.15, 0.2) is 41.2 Å². The van der Waals surface area contributed by atoms with Crippen LogP contribution in [0.5, 0.6) is 0 Å². The number of methoxy groups -OCH3 is 1. The van der Waals surface area contributed by atoms with Crippen LogP contribution in [-0.4, -0.2) is 46.8 Å². The van der Waals surface area contributed by atoms with Gasteiger partial charge >= 0.3 is 5.97 Å². The third-order valence-corrected chi connectivity index (χ3v) is 6.15. The summed E-state index contributed by atoms with van der Waals surface area (Å²) in [5.41, 5.74) is 1.88. The first-order valence-electron chi connectivity index (χ1n) is 9.45. The quantitative estimate of drug-likeness (QED) is 0.812. The van der Waals surface area contributed by atoms with Gasteiger partial charge in [0.05, 0.1) is 13.2 Å². The third kappa shape index (κ3) is 2.69. The van der Waals surface area contributed by atoms with Crippen LogP contribution in [0.25, 0.3) is 11.1 Å². The maximum atomic E-state index is 13.2. The molecule has 2 aliphatic rings. The Balaban J connectivity index is 1.78. The molecule has 1 saturated heterocycles. The highest BCUT2D eigenvalue weighted by atomic mass is 19.1. The SMILES string of the molecule is CCN1[C@@H]2c3ccc(-c4ccc(F)cc4)c(=O)n3C[C@@H]2[C@@H](CO)[C@@H]1C(=O)OC. The van der Waals surface area contributed by atoms with Crippen molar-refractivity contribution in [2.45, 2.75) is 25.6 Å². The number of aliphatic hydroxyl groups is 1. The number of likely N-dealkylation sites (tertiary alicyclic amines) is 1. The number of hydrogen-bond acceptors (Lipinski definition) is 5. The number of nitrogens with zero attached hydrogens (tertiary/aromatic N) is 2. The van der Waals surface area contributed by atoms with Crippen LogP contribution in [0.4, 0.5) is 4.39 Å². The zero-order valence-corrected chi connectivity index (χ0v) is 15.8. The van der Waals surface area contributed by atoms with Gasteiger partial charge in [0.25, 0.3) is 5.56 Å². The highest BCUT2D eigenvalue weighted by molar-refractivity contribution is 5.77. The van der Waals surface area contributed by atoms with Gasteiger partial charge in [-0.1, -0.05) is 19.1 Å². The zero-order chi connectivity index (χ0) is 20.0. The van der Waals surface area contributed by atoms with Crippen LogP contribution in [0.1, 0.15) is 18.7 Å². The fraction of sp³-hybridized carbons (Fsp3) is 0.429. The van der Waals surface area contributed by atoms with Crippen LogP contribution in [0, 0.1) is 17.7 Å². The fourth-order valence-electron chi connectivity index (χ4n) is 4.92. The second-order valence-electron chi connectivity index (χ2n) is 7.35. The molecule has 0 amide bonds. The Hall–Kier alpha value is -2.51. The van der Waals surface area contributed by atoms with Crippen molar-refractivity contribution in [1.82, 2.24) is 9.47 Å². The van der Waals surface area contributed by atoms with Crippen LogP contribution in [0.3, 0.4) is 0 Å². The van der Waals surface area contributed by atoms with Gasteiger partial charge in [0.1, 0.15) is 11.9 Å². The van der Waals surface area contributed by atoms with Gasteiger partial charge in [-0.2, -0.15) is 0 Å². The van der Waals surface area contributed by atoms with Crippen LogP contribution in [0.2, 0.25) is 0 Å². The summed E-state index contributed by atoms with van der Waals surface area (Å²) in [5, 5.41) is 9.99. The molecule has 2 aliphatic heterocycles. The number of aromatic nitrogens is 1. The molecule has 7 heteroatoms. The first-order valence-corrected chi connectivity index (χ1v) is 9.45. The number of hydrogen-bond donors (Lipinski definition) is 1. The minimum atomic E-state index is -0.518. The van der Waals surface area contributed by atoms with Crippen molar-refractivity contribution in [3.05, 3.63) is 58.3 Å². The summed E-state index contributed by atoms with van der Waals surface area (Å²) < 4.78 is 19.9. The lowest BCUT2D eigenvalue weighted by atomic mass is 9.88. The van der Waals surface area contributed by atoms with Crippen molar-refractivity contribution in [1.29, 1.82) is 0 Å². The van der Waals surface area contributed by atoms with E-state index in [0.717, 1.165) is 5.69 Å². The molecule has 1 aromatic carbocycles. The van der Waals surface area contributed by atoms with Crippen LogP contribution in [-0.2, 0) is 16.1 Å². The number of carbonyl (C=O) groups excluding carboxylic acids is 1. The van der Waals surface area contributed by atoms with Crippen LogP contribution < -0.4 is 5.56 Å². The number of rotatable bonds is 4. The highest BCUT2D eigenvalue weighted by Gasteiger charge is 2.55. The average Bonchev–Trinajstić information content (AvgIpc) is 3.23. The Morgan fingerprint density at radius 3 is 2.57 bits per heavy atom. The highest BCUT2D eigenvalue weighted by Crippen LogP contribution is 2.49. The molecule has 1 fully saturated rings. The molecule has 148 valence electrons. The number of likely N-dealkylation sites (N-methyl/N-ethyl adjacent to an activating group) is 1. The number of esters is 1. The lowest BCUT2D eigenvalue weighted by Crippen LogP contribution is -2.43. The van der Waals surface area contributed by atoms with E-state index < -0.39 is 6.04 Å². The maximum absolute atomic E-state index is 13.2. The van der Waals surface area contributed by atoms with E-state index in [1.165, 1.54) is 19.2 Å². The number of carbonyl (C=O) groups is 1. The number of aliphatic hydroxyl groups excluding tert-OH is 1. The van der Waals surface area contributed by atoms with E-state index in [0.29, 0.717) is 24.2 Å². The summed E-state index contributed by atoms with van der Waals surface area (Å²) in [6, 6.07) is 8.88. The van der Waals surface area contributed by atoms with Gasteiger partial charge in [-0.3, -0.25) is 14.5 Å². The van der Waals surface area contributed by atoms with Gasteiger partial charge in [0.15, 0.2) is 0 Å². The summed E-state index contributed by atoms with van der Waals surface area (Å²) in [5.74, 6) is -1.05. The smallest absolute Gasteiger partial charge is 0.323 e. The predicted octanol–water partition coefficient (Wildman–Crippen LogP) is 1.81. The Morgan fingerprint density at radius 2 is 1.96 bits per heavy atom. The Morgan fingerprint density at radius 1 is 1.25 bits per heavy atom. The molecule has 0 bridgehead atoms. The van der Waals surface area contributed by atoms with Crippen molar-refractivity contribution < 1.29 is 19.0 Å². The van der Waals surface area contributed by atoms with E-state index in [9.17, 15) is 19.1 Å². The number of pyridine rings is 1. The average molecular weight is 386 g/mol.